The van der Waals surface area contributed by atoms with E-state index in [0.29, 0.717) is 6.54 Å². The van der Waals surface area contributed by atoms with Crippen molar-refractivity contribution in [2.45, 2.75) is 26.9 Å². The van der Waals surface area contributed by atoms with Crippen LogP contribution in [0.25, 0.3) is 0 Å². The van der Waals surface area contributed by atoms with Crippen molar-refractivity contribution in [3.63, 3.8) is 0 Å². The highest BCUT2D eigenvalue weighted by molar-refractivity contribution is 5.79. The maximum atomic E-state index is 4.54. The normalized spacial score (nSPS) is 11.4. The number of anilines is 1. The number of hydrogen-bond acceptors (Lipinski definition) is 3. The number of hydrogen-bond donors (Lipinski definition) is 2. The number of rotatable bonds is 8. The first kappa shape index (κ1) is 17.8. The fourth-order valence-corrected chi connectivity index (χ4v) is 2.48. The van der Waals surface area contributed by atoms with Gasteiger partial charge in [-0.3, -0.25) is 4.99 Å². The molecule has 2 rings (SSSR count). The second-order valence-corrected chi connectivity index (χ2v) is 5.47. The molecular formula is C18H28N6. The minimum atomic E-state index is 0.703. The standard InChI is InChI=1S/C18H28N6/c1-4-24(5-2)17-9-8-16(14-21-17)15-22-18(19-3)20-10-13-23-11-6-7-12-23/h6-9,11-12,14H,4-5,10,13,15H2,1-3H3,(H2,19,20,22). The molecule has 2 aromatic heterocycles. The lowest BCUT2D eigenvalue weighted by atomic mass is 10.2. The zero-order chi connectivity index (χ0) is 17.2. The summed E-state index contributed by atoms with van der Waals surface area (Å²) < 4.78 is 2.14. The Hall–Kier alpha value is -2.50. The van der Waals surface area contributed by atoms with E-state index in [1.165, 1.54) is 0 Å². The van der Waals surface area contributed by atoms with E-state index < -0.39 is 0 Å². The highest BCUT2D eigenvalue weighted by atomic mass is 15.2. The molecule has 130 valence electrons. The highest BCUT2D eigenvalue weighted by Crippen LogP contribution is 2.10. The molecule has 6 heteroatoms. The molecule has 2 heterocycles. The Morgan fingerprint density at radius 2 is 1.92 bits per heavy atom. The minimum absolute atomic E-state index is 0.703. The molecule has 0 aliphatic carbocycles. The summed E-state index contributed by atoms with van der Waals surface area (Å²) in [6.07, 6.45) is 6.04. The fourth-order valence-electron chi connectivity index (χ4n) is 2.48. The van der Waals surface area contributed by atoms with Crippen LogP contribution in [0.3, 0.4) is 0 Å². The molecule has 0 aliphatic rings. The number of pyridine rings is 1. The van der Waals surface area contributed by atoms with Crippen molar-refractivity contribution in [1.82, 2.24) is 20.2 Å². The third-order valence-electron chi connectivity index (χ3n) is 3.91. The average molecular weight is 328 g/mol. The molecule has 0 spiro atoms. The SMILES string of the molecule is CCN(CC)c1ccc(CNC(=NC)NCCn2cccc2)cn1. The molecule has 0 radical (unpaired) electrons. The summed E-state index contributed by atoms with van der Waals surface area (Å²) in [4.78, 5) is 11.0. The van der Waals surface area contributed by atoms with Gasteiger partial charge < -0.3 is 20.1 Å². The van der Waals surface area contributed by atoms with Crippen LogP contribution in [-0.4, -0.2) is 42.2 Å². The van der Waals surface area contributed by atoms with Gasteiger partial charge in [-0.05, 0) is 37.6 Å². The van der Waals surface area contributed by atoms with Gasteiger partial charge in [0.05, 0.1) is 0 Å². The van der Waals surface area contributed by atoms with Crippen LogP contribution in [0.1, 0.15) is 19.4 Å². The van der Waals surface area contributed by atoms with E-state index in [9.17, 15) is 0 Å². The van der Waals surface area contributed by atoms with Gasteiger partial charge in [0, 0.05) is 58.4 Å². The van der Waals surface area contributed by atoms with Crippen LogP contribution in [0.2, 0.25) is 0 Å². The monoisotopic (exact) mass is 328 g/mol. The van der Waals surface area contributed by atoms with E-state index in [2.05, 4.69) is 68.5 Å². The molecule has 2 aromatic rings. The molecule has 2 N–H and O–H groups in total. The van der Waals surface area contributed by atoms with Gasteiger partial charge in [0.25, 0.3) is 0 Å². The Bertz CT molecular complexity index is 599. The van der Waals surface area contributed by atoms with Gasteiger partial charge in [-0.2, -0.15) is 0 Å². The zero-order valence-electron chi connectivity index (χ0n) is 14.9. The van der Waals surface area contributed by atoms with Gasteiger partial charge in [-0.25, -0.2) is 4.98 Å². The summed E-state index contributed by atoms with van der Waals surface area (Å²) in [6, 6.07) is 8.25. The van der Waals surface area contributed by atoms with Crippen molar-refractivity contribution < 1.29 is 0 Å². The first-order valence-corrected chi connectivity index (χ1v) is 8.52. The number of aromatic nitrogens is 2. The molecule has 0 bridgehead atoms. The largest absolute Gasteiger partial charge is 0.357 e. The van der Waals surface area contributed by atoms with Crippen LogP contribution < -0.4 is 15.5 Å². The lowest BCUT2D eigenvalue weighted by Gasteiger charge is -2.19. The lowest BCUT2D eigenvalue weighted by molar-refractivity contribution is 0.665. The van der Waals surface area contributed by atoms with E-state index in [0.717, 1.165) is 43.5 Å². The summed E-state index contributed by atoms with van der Waals surface area (Å²) in [5.74, 6) is 1.83. The Morgan fingerprint density at radius 1 is 1.17 bits per heavy atom. The quantitative estimate of drug-likeness (QED) is 0.575. The molecule has 0 unspecified atom stereocenters. The van der Waals surface area contributed by atoms with Crippen LogP contribution in [0, 0.1) is 0 Å². The van der Waals surface area contributed by atoms with Crippen molar-refractivity contribution in [3.8, 4) is 0 Å². The van der Waals surface area contributed by atoms with Crippen molar-refractivity contribution in [1.29, 1.82) is 0 Å². The smallest absolute Gasteiger partial charge is 0.191 e. The van der Waals surface area contributed by atoms with E-state index >= 15 is 0 Å². The van der Waals surface area contributed by atoms with Crippen molar-refractivity contribution >= 4 is 11.8 Å². The van der Waals surface area contributed by atoms with E-state index in [1.807, 2.05) is 18.3 Å². The second kappa shape index (κ2) is 9.60. The average Bonchev–Trinajstić information content (AvgIpc) is 3.13. The van der Waals surface area contributed by atoms with Crippen molar-refractivity contribution in [2.24, 2.45) is 4.99 Å². The van der Waals surface area contributed by atoms with E-state index in [1.54, 1.807) is 7.05 Å². The summed E-state index contributed by atoms with van der Waals surface area (Å²) in [6.45, 7) is 8.67. The molecule has 0 aromatic carbocycles. The Morgan fingerprint density at radius 3 is 2.50 bits per heavy atom. The zero-order valence-corrected chi connectivity index (χ0v) is 14.9. The number of nitrogens with one attached hydrogen (secondary N) is 2. The number of nitrogens with zero attached hydrogens (tertiary/aromatic N) is 4. The summed E-state index contributed by atoms with van der Waals surface area (Å²) in [5, 5.41) is 6.63. The Kier molecular flexibility index (Phi) is 7.14. The maximum Gasteiger partial charge on any atom is 0.191 e. The molecule has 24 heavy (non-hydrogen) atoms. The molecule has 0 saturated carbocycles. The summed E-state index contributed by atoms with van der Waals surface area (Å²) >= 11 is 0. The third kappa shape index (κ3) is 5.30. The summed E-state index contributed by atoms with van der Waals surface area (Å²) in [7, 11) is 1.78. The van der Waals surface area contributed by atoms with E-state index in [-0.39, 0.29) is 0 Å². The Balaban J connectivity index is 1.78. The molecular weight excluding hydrogens is 300 g/mol. The van der Waals surface area contributed by atoms with Gasteiger partial charge in [-0.15, -0.1) is 0 Å². The topological polar surface area (TPSA) is 57.5 Å². The molecule has 0 atom stereocenters. The van der Waals surface area contributed by atoms with Crippen molar-refractivity contribution in [3.05, 3.63) is 48.4 Å². The highest BCUT2D eigenvalue weighted by Gasteiger charge is 2.03. The van der Waals surface area contributed by atoms with Crippen LogP contribution >= 0.6 is 0 Å². The lowest BCUT2D eigenvalue weighted by Crippen LogP contribution is -2.38. The van der Waals surface area contributed by atoms with Crippen LogP contribution in [0.15, 0.2) is 47.8 Å². The minimum Gasteiger partial charge on any atom is -0.357 e. The molecule has 6 nitrogen and oxygen atoms in total. The number of aliphatic imine (C=N–C) groups is 1. The van der Waals surface area contributed by atoms with Gasteiger partial charge >= 0.3 is 0 Å². The Labute approximate surface area is 144 Å². The molecule has 0 fully saturated rings. The number of guanidine groups is 1. The van der Waals surface area contributed by atoms with Gasteiger partial charge in [0.1, 0.15) is 5.82 Å². The van der Waals surface area contributed by atoms with Crippen LogP contribution in [0.4, 0.5) is 5.82 Å². The second-order valence-electron chi connectivity index (χ2n) is 5.47. The maximum absolute atomic E-state index is 4.54. The van der Waals surface area contributed by atoms with Crippen molar-refractivity contribution in [2.75, 3.05) is 31.6 Å². The third-order valence-corrected chi connectivity index (χ3v) is 3.91. The molecule has 0 saturated heterocycles. The van der Waals surface area contributed by atoms with Gasteiger partial charge in [-0.1, -0.05) is 6.07 Å². The predicted octanol–water partition coefficient (Wildman–Crippen LogP) is 2.09. The fraction of sp³-hybridized carbons (Fsp3) is 0.444. The molecule has 0 amide bonds. The summed E-state index contributed by atoms with van der Waals surface area (Å²) in [5.41, 5.74) is 1.14. The van der Waals surface area contributed by atoms with Crippen LogP contribution in [-0.2, 0) is 13.1 Å². The van der Waals surface area contributed by atoms with Gasteiger partial charge in [0.15, 0.2) is 5.96 Å². The first-order valence-electron chi connectivity index (χ1n) is 8.52. The van der Waals surface area contributed by atoms with Crippen LogP contribution in [0.5, 0.6) is 0 Å². The first-order chi connectivity index (χ1) is 11.8. The predicted molar refractivity (Wildman–Crippen MR) is 100 cm³/mol. The van der Waals surface area contributed by atoms with E-state index in [4.69, 9.17) is 0 Å². The van der Waals surface area contributed by atoms with Gasteiger partial charge in [0.2, 0.25) is 0 Å². The molecule has 0 aliphatic heterocycles.